The Kier molecular flexibility index (Phi) is 5.21. The molecule has 0 saturated carbocycles. The van der Waals surface area contributed by atoms with Crippen LogP contribution in [0.3, 0.4) is 0 Å². The number of amides is 1. The zero-order chi connectivity index (χ0) is 16.9. The van der Waals surface area contributed by atoms with Crippen LogP contribution in [0.15, 0.2) is 24.3 Å². The lowest BCUT2D eigenvalue weighted by molar-refractivity contribution is -0.136. The maximum absolute atomic E-state index is 12.6. The number of hydrogen-bond acceptors (Lipinski definition) is 5. The highest BCUT2D eigenvalue weighted by molar-refractivity contribution is 7.18. The van der Waals surface area contributed by atoms with Gasteiger partial charge in [0.15, 0.2) is 11.7 Å². The summed E-state index contributed by atoms with van der Waals surface area (Å²) in [7, 11) is 0. The Balaban J connectivity index is 1.76. The molecule has 3 rings (SSSR count). The van der Waals surface area contributed by atoms with E-state index in [9.17, 15) is 14.9 Å². The van der Waals surface area contributed by atoms with E-state index in [2.05, 4.69) is 11.1 Å². The molecule has 6 heteroatoms. The second-order valence-electron chi connectivity index (χ2n) is 6.03. The van der Waals surface area contributed by atoms with Crippen molar-refractivity contribution in [2.24, 2.45) is 0 Å². The lowest BCUT2D eigenvalue weighted by atomic mass is 10.0. The molecule has 5 nitrogen and oxygen atoms in total. The Bertz CT molecular complexity index is 760. The summed E-state index contributed by atoms with van der Waals surface area (Å²) in [5.41, 5.74) is 0.799. The van der Waals surface area contributed by atoms with E-state index in [4.69, 9.17) is 0 Å². The van der Waals surface area contributed by atoms with Crippen LogP contribution in [0.2, 0.25) is 0 Å². The molecule has 0 radical (unpaired) electrons. The van der Waals surface area contributed by atoms with E-state index in [1.54, 1.807) is 4.90 Å². The molecule has 1 amide bonds. The molecule has 0 spiro atoms. The summed E-state index contributed by atoms with van der Waals surface area (Å²) >= 11 is 1.37. The first-order chi connectivity index (χ1) is 11.7. The fraction of sp³-hybridized carbons (Fsp3) is 0.444. The number of nitrogens with zero attached hydrogens (tertiary/aromatic N) is 3. The van der Waals surface area contributed by atoms with Gasteiger partial charge in [-0.15, -0.1) is 11.3 Å². The third kappa shape index (κ3) is 3.62. The van der Waals surface area contributed by atoms with Crippen LogP contribution in [0.1, 0.15) is 43.0 Å². The van der Waals surface area contributed by atoms with E-state index in [1.165, 1.54) is 11.3 Å². The lowest BCUT2D eigenvalue weighted by Crippen LogP contribution is -2.38. The number of nitriles is 1. The minimum atomic E-state index is -0.902. The van der Waals surface area contributed by atoms with Gasteiger partial charge in [0.25, 0.3) is 0 Å². The third-order valence-electron chi connectivity index (χ3n) is 4.28. The van der Waals surface area contributed by atoms with Crippen molar-refractivity contribution < 1.29 is 9.59 Å². The van der Waals surface area contributed by atoms with Gasteiger partial charge in [-0.2, -0.15) is 5.26 Å². The summed E-state index contributed by atoms with van der Waals surface area (Å²) in [5.74, 6) is -1.13. The molecule has 1 aliphatic heterocycles. The number of carbonyl (C=O) groups excluding carboxylic acids is 2. The van der Waals surface area contributed by atoms with Crippen LogP contribution < -0.4 is 0 Å². The predicted molar refractivity (Wildman–Crippen MR) is 92.6 cm³/mol. The van der Waals surface area contributed by atoms with Gasteiger partial charge in [0, 0.05) is 13.0 Å². The maximum atomic E-state index is 12.6. The van der Waals surface area contributed by atoms with Crippen LogP contribution in [0.5, 0.6) is 0 Å². The van der Waals surface area contributed by atoms with Crippen LogP contribution in [0, 0.1) is 11.3 Å². The van der Waals surface area contributed by atoms with Crippen molar-refractivity contribution in [3.8, 4) is 6.07 Å². The number of benzene rings is 1. The quantitative estimate of drug-likeness (QED) is 0.855. The van der Waals surface area contributed by atoms with Crippen LogP contribution in [0.25, 0.3) is 10.2 Å². The van der Waals surface area contributed by atoms with E-state index in [0.29, 0.717) is 18.0 Å². The first-order valence-electron chi connectivity index (χ1n) is 8.24. The van der Waals surface area contributed by atoms with Crippen LogP contribution in [-0.4, -0.2) is 34.7 Å². The summed E-state index contributed by atoms with van der Waals surface area (Å²) in [4.78, 5) is 30.8. The molecular weight excluding hydrogens is 322 g/mol. The van der Waals surface area contributed by atoms with Crippen molar-refractivity contribution >= 4 is 33.2 Å². The monoisotopic (exact) mass is 341 g/mol. The van der Waals surface area contributed by atoms with Gasteiger partial charge in [0.2, 0.25) is 5.91 Å². The number of para-hydroxylation sites is 1. The normalized spacial score (nSPS) is 17.1. The van der Waals surface area contributed by atoms with Gasteiger partial charge in [-0.1, -0.05) is 25.0 Å². The molecule has 124 valence electrons. The molecular formula is C18H19N3O2S. The Labute approximate surface area is 144 Å². The summed E-state index contributed by atoms with van der Waals surface area (Å²) in [6.07, 6.45) is 4.43. The Morgan fingerprint density at radius 1 is 1.29 bits per heavy atom. The molecule has 1 atom stereocenters. The number of thiazole rings is 1. The molecule has 0 unspecified atom stereocenters. The fourth-order valence-electron chi connectivity index (χ4n) is 2.94. The molecule has 0 N–H and O–H groups in total. The number of ketones is 1. The van der Waals surface area contributed by atoms with Crippen molar-refractivity contribution in [1.29, 1.82) is 5.26 Å². The van der Waals surface area contributed by atoms with Crippen LogP contribution in [0.4, 0.5) is 0 Å². The zero-order valence-corrected chi connectivity index (χ0v) is 14.2. The number of aromatic nitrogens is 1. The van der Waals surface area contributed by atoms with Gasteiger partial charge in [-0.25, -0.2) is 4.98 Å². The molecule has 1 fully saturated rings. The minimum absolute atomic E-state index is 0.00693. The number of rotatable bonds is 4. The Morgan fingerprint density at radius 3 is 2.88 bits per heavy atom. The van der Waals surface area contributed by atoms with Gasteiger partial charge in [0.1, 0.15) is 5.01 Å². The summed E-state index contributed by atoms with van der Waals surface area (Å²) in [5, 5.41) is 9.98. The smallest absolute Gasteiger partial charge is 0.222 e. The van der Waals surface area contributed by atoms with Crippen molar-refractivity contribution in [3.05, 3.63) is 29.3 Å². The van der Waals surface area contributed by atoms with Gasteiger partial charge in [0.05, 0.1) is 22.8 Å². The zero-order valence-electron chi connectivity index (χ0n) is 13.4. The summed E-state index contributed by atoms with van der Waals surface area (Å²) in [6.45, 7) is 0.607. The minimum Gasteiger partial charge on any atom is -0.335 e. The highest BCUT2D eigenvalue weighted by Gasteiger charge is 2.27. The van der Waals surface area contributed by atoms with Crippen molar-refractivity contribution in [3.63, 3.8) is 0 Å². The Morgan fingerprint density at radius 2 is 2.08 bits per heavy atom. The van der Waals surface area contributed by atoms with Crippen molar-refractivity contribution in [2.45, 2.75) is 38.0 Å². The second-order valence-corrected chi connectivity index (χ2v) is 7.09. The number of likely N-dealkylation sites (tertiary alicyclic amines) is 1. The second kappa shape index (κ2) is 7.54. The maximum Gasteiger partial charge on any atom is 0.222 e. The van der Waals surface area contributed by atoms with E-state index in [-0.39, 0.29) is 18.2 Å². The summed E-state index contributed by atoms with van der Waals surface area (Å²) in [6, 6.07) is 9.66. The molecule has 24 heavy (non-hydrogen) atoms. The first-order valence-corrected chi connectivity index (χ1v) is 9.06. The number of hydrogen-bond donors (Lipinski definition) is 0. The fourth-order valence-corrected chi connectivity index (χ4v) is 3.98. The standard InChI is InChI=1S/C18H19N3O2S/c19-11-13(18-20-14-7-4-5-8-16(14)24-18)15(22)12-21-10-6-2-1-3-9-17(21)23/h4-5,7-8,13H,1-3,6,9-10,12H2/t13-/m0/s1. The number of Topliss-reactive ketones (excluding diaryl/α,β-unsaturated/α-hetero) is 1. The molecule has 1 aromatic heterocycles. The van der Waals surface area contributed by atoms with E-state index >= 15 is 0 Å². The predicted octanol–water partition coefficient (Wildman–Crippen LogP) is 3.27. The van der Waals surface area contributed by atoms with E-state index in [1.807, 2.05) is 24.3 Å². The molecule has 2 heterocycles. The number of carbonyl (C=O) groups is 2. The lowest BCUT2D eigenvalue weighted by Gasteiger charge is -2.24. The molecule has 0 aliphatic carbocycles. The Hall–Kier alpha value is -2.26. The molecule has 0 bridgehead atoms. The third-order valence-corrected chi connectivity index (χ3v) is 5.38. The largest absolute Gasteiger partial charge is 0.335 e. The summed E-state index contributed by atoms with van der Waals surface area (Å²) < 4.78 is 0.961. The molecule has 1 aromatic carbocycles. The van der Waals surface area contributed by atoms with Gasteiger partial charge >= 0.3 is 0 Å². The van der Waals surface area contributed by atoms with Crippen LogP contribution >= 0.6 is 11.3 Å². The topological polar surface area (TPSA) is 74.1 Å². The molecule has 2 aromatic rings. The average molecular weight is 341 g/mol. The number of fused-ring (bicyclic) bond motifs is 1. The van der Waals surface area contributed by atoms with Crippen molar-refractivity contribution in [1.82, 2.24) is 9.88 Å². The van der Waals surface area contributed by atoms with Crippen LogP contribution in [-0.2, 0) is 9.59 Å². The average Bonchev–Trinajstić information content (AvgIpc) is 2.99. The molecule has 1 saturated heterocycles. The molecule has 1 aliphatic rings. The van der Waals surface area contributed by atoms with E-state index < -0.39 is 5.92 Å². The van der Waals surface area contributed by atoms with Gasteiger partial charge in [-0.05, 0) is 25.0 Å². The van der Waals surface area contributed by atoms with E-state index in [0.717, 1.165) is 35.9 Å². The highest BCUT2D eigenvalue weighted by Crippen LogP contribution is 2.28. The highest BCUT2D eigenvalue weighted by atomic mass is 32.1. The SMILES string of the molecule is N#C[C@@H](C(=O)CN1CCCCCCC1=O)c1nc2ccccc2s1. The van der Waals surface area contributed by atoms with Crippen molar-refractivity contribution in [2.75, 3.05) is 13.1 Å². The van der Waals surface area contributed by atoms with Gasteiger partial charge in [-0.3, -0.25) is 9.59 Å². The van der Waals surface area contributed by atoms with Gasteiger partial charge < -0.3 is 4.90 Å². The first kappa shape index (κ1) is 16.6.